The molecule has 10 heteroatoms. The highest BCUT2D eigenvalue weighted by Gasteiger charge is 2.22. The van der Waals surface area contributed by atoms with Crippen LogP contribution in [0.25, 0.3) is 0 Å². The molecule has 156 valence electrons. The molecule has 0 aliphatic carbocycles. The number of methoxy groups -OCH3 is 1. The van der Waals surface area contributed by atoms with Gasteiger partial charge in [0.1, 0.15) is 5.75 Å². The van der Waals surface area contributed by atoms with Crippen molar-refractivity contribution < 1.29 is 17.9 Å². The summed E-state index contributed by atoms with van der Waals surface area (Å²) in [6.45, 7) is 0.960. The molecule has 1 aromatic heterocycles. The van der Waals surface area contributed by atoms with Crippen LogP contribution >= 0.6 is 11.3 Å². The predicted molar refractivity (Wildman–Crippen MR) is 117 cm³/mol. The first kappa shape index (κ1) is 20.2. The third-order valence-corrected chi connectivity index (χ3v) is 6.89. The number of nitrogens with one attached hydrogen (secondary N) is 2. The van der Waals surface area contributed by atoms with Crippen LogP contribution in [0.15, 0.2) is 58.9 Å². The smallest absolute Gasteiger partial charge is 0.263 e. The Morgan fingerprint density at radius 2 is 2.03 bits per heavy atom. The second-order valence-electron chi connectivity index (χ2n) is 6.68. The fourth-order valence-corrected chi connectivity index (χ4v) is 5.04. The first-order valence-electron chi connectivity index (χ1n) is 9.19. The van der Waals surface area contributed by atoms with Crippen molar-refractivity contribution in [3.8, 4) is 5.75 Å². The number of hydrogen-bond acceptors (Lipinski definition) is 7. The van der Waals surface area contributed by atoms with Crippen LogP contribution in [-0.2, 0) is 21.2 Å². The van der Waals surface area contributed by atoms with Crippen LogP contribution in [0, 0.1) is 0 Å². The van der Waals surface area contributed by atoms with E-state index < -0.39 is 10.0 Å². The zero-order valence-corrected chi connectivity index (χ0v) is 17.8. The topological polar surface area (TPSA) is 101 Å². The highest BCUT2D eigenvalue weighted by Crippen LogP contribution is 2.31. The van der Waals surface area contributed by atoms with E-state index in [4.69, 9.17) is 4.74 Å². The van der Waals surface area contributed by atoms with Crippen LogP contribution in [0.4, 0.5) is 16.5 Å². The van der Waals surface area contributed by atoms with E-state index in [0.29, 0.717) is 10.8 Å². The summed E-state index contributed by atoms with van der Waals surface area (Å²) in [4.78, 5) is 18.5. The molecular formula is C20H20N4O4S2. The lowest BCUT2D eigenvalue weighted by molar-refractivity contribution is -0.115. The van der Waals surface area contributed by atoms with E-state index in [1.807, 2.05) is 23.1 Å². The number of sulfonamides is 1. The second kappa shape index (κ2) is 8.33. The van der Waals surface area contributed by atoms with Gasteiger partial charge in [0.2, 0.25) is 5.91 Å². The zero-order chi connectivity index (χ0) is 21.1. The van der Waals surface area contributed by atoms with Crippen molar-refractivity contribution in [2.75, 3.05) is 35.1 Å². The Hall–Kier alpha value is -3.11. The number of nitrogens with zero attached hydrogens (tertiary/aromatic N) is 2. The lowest BCUT2D eigenvalue weighted by Crippen LogP contribution is -2.31. The quantitative estimate of drug-likeness (QED) is 0.581. The number of amides is 1. The molecule has 0 unspecified atom stereocenters. The van der Waals surface area contributed by atoms with Crippen LogP contribution in [0.2, 0.25) is 0 Å². The minimum absolute atomic E-state index is 0.0938. The molecule has 0 saturated carbocycles. The number of rotatable bonds is 7. The summed E-state index contributed by atoms with van der Waals surface area (Å²) < 4.78 is 32.5. The van der Waals surface area contributed by atoms with Crippen molar-refractivity contribution in [3.63, 3.8) is 0 Å². The summed E-state index contributed by atoms with van der Waals surface area (Å²) >= 11 is 1.20. The SMILES string of the molecule is COc1ccc2c(c1)N(CC(=O)Nc1ccc(S(=O)(=O)Nc3nccs3)cc1)CC2. The van der Waals surface area contributed by atoms with Gasteiger partial charge >= 0.3 is 0 Å². The minimum Gasteiger partial charge on any atom is -0.497 e. The maximum Gasteiger partial charge on any atom is 0.263 e. The van der Waals surface area contributed by atoms with Crippen molar-refractivity contribution >= 4 is 43.8 Å². The molecule has 3 aromatic rings. The van der Waals surface area contributed by atoms with E-state index in [2.05, 4.69) is 15.0 Å². The number of hydrogen-bond donors (Lipinski definition) is 2. The zero-order valence-electron chi connectivity index (χ0n) is 16.2. The van der Waals surface area contributed by atoms with E-state index in [-0.39, 0.29) is 17.3 Å². The van der Waals surface area contributed by atoms with E-state index >= 15 is 0 Å². The molecule has 2 N–H and O–H groups in total. The number of anilines is 3. The van der Waals surface area contributed by atoms with Gasteiger partial charge in [0, 0.05) is 35.6 Å². The maximum absolute atomic E-state index is 12.5. The van der Waals surface area contributed by atoms with E-state index in [1.54, 1.807) is 24.6 Å². The molecule has 0 spiro atoms. The number of thiazole rings is 1. The summed E-state index contributed by atoms with van der Waals surface area (Å²) in [7, 11) is -2.11. The fraction of sp³-hybridized carbons (Fsp3) is 0.200. The van der Waals surface area contributed by atoms with Gasteiger partial charge in [-0.1, -0.05) is 6.07 Å². The van der Waals surface area contributed by atoms with Crippen molar-refractivity contribution in [3.05, 3.63) is 59.6 Å². The minimum atomic E-state index is -3.72. The molecule has 1 amide bonds. The van der Waals surface area contributed by atoms with Gasteiger partial charge in [-0.05, 0) is 42.3 Å². The highest BCUT2D eigenvalue weighted by molar-refractivity contribution is 7.93. The number of carbonyl (C=O) groups is 1. The molecule has 4 rings (SSSR count). The van der Waals surface area contributed by atoms with Gasteiger partial charge in [0.25, 0.3) is 10.0 Å². The lowest BCUT2D eigenvalue weighted by atomic mass is 10.1. The van der Waals surface area contributed by atoms with Gasteiger partial charge < -0.3 is 15.0 Å². The average molecular weight is 445 g/mol. The molecule has 0 atom stereocenters. The second-order valence-corrected chi connectivity index (χ2v) is 9.26. The van der Waals surface area contributed by atoms with E-state index in [9.17, 15) is 13.2 Å². The van der Waals surface area contributed by atoms with Gasteiger partial charge in [-0.15, -0.1) is 11.3 Å². The summed E-state index contributed by atoms with van der Waals surface area (Å²) in [5.74, 6) is 0.575. The summed E-state index contributed by atoms with van der Waals surface area (Å²) in [6, 6.07) is 11.9. The molecule has 8 nitrogen and oxygen atoms in total. The molecule has 2 heterocycles. The van der Waals surface area contributed by atoms with Crippen LogP contribution in [0.5, 0.6) is 5.75 Å². The summed E-state index contributed by atoms with van der Waals surface area (Å²) in [5, 5.41) is 4.80. The van der Waals surface area contributed by atoms with Crippen LogP contribution in [-0.4, -0.2) is 39.5 Å². The number of aromatic nitrogens is 1. The molecule has 0 bridgehead atoms. The molecular weight excluding hydrogens is 424 g/mol. The van der Waals surface area contributed by atoms with Crippen LogP contribution in [0.1, 0.15) is 5.56 Å². The van der Waals surface area contributed by atoms with Crippen molar-refractivity contribution in [2.24, 2.45) is 0 Å². The Kier molecular flexibility index (Phi) is 5.60. The summed E-state index contributed by atoms with van der Waals surface area (Å²) in [5.41, 5.74) is 2.71. The fourth-order valence-electron chi connectivity index (χ4n) is 3.26. The number of fused-ring (bicyclic) bond motifs is 1. The Bertz CT molecular complexity index is 1150. The summed E-state index contributed by atoms with van der Waals surface area (Å²) in [6.07, 6.45) is 2.40. The standard InChI is InChI=1S/C20H20N4O4S2/c1-28-16-5-2-14-8-10-24(18(14)12-16)13-19(25)22-15-3-6-17(7-4-15)30(26,27)23-20-21-9-11-29-20/h2-7,9,11-12H,8,10,13H2,1H3,(H,21,23)(H,22,25). The highest BCUT2D eigenvalue weighted by atomic mass is 32.2. The van der Waals surface area contributed by atoms with Crippen LogP contribution < -0.4 is 19.7 Å². The first-order valence-corrected chi connectivity index (χ1v) is 11.5. The Labute approximate surface area is 178 Å². The average Bonchev–Trinajstić information content (AvgIpc) is 3.37. The first-order chi connectivity index (χ1) is 14.4. The maximum atomic E-state index is 12.5. The van der Waals surface area contributed by atoms with Gasteiger partial charge in [0.05, 0.1) is 18.6 Å². The van der Waals surface area contributed by atoms with Gasteiger partial charge in [-0.2, -0.15) is 0 Å². The molecule has 2 aromatic carbocycles. The monoisotopic (exact) mass is 444 g/mol. The largest absolute Gasteiger partial charge is 0.497 e. The molecule has 30 heavy (non-hydrogen) atoms. The van der Waals surface area contributed by atoms with Gasteiger partial charge in [-0.3, -0.25) is 9.52 Å². The van der Waals surface area contributed by atoms with Crippen molar-refractivity contribution in [2.45, 2.75) is 11.3 Å². The number of benzene rings is 2. The normalized spacial score (nSPS) is 13.0. The molecule has 0 radical (unpaired) electrons. The van der Waals surface area contributed by atoms with E-state index in [0.717, 1.165) is 24.4 Å². The molecule has 0 saturated heterocycles. The van der Waals surface area contributed by atoms with Gasteiger partial charge in [0.15, 0.2) is 5.13 Å². The number of ether oxygens (including phenoxy) is 1. The Morgan fingerprint density at radius 1 is 1.23 bits per heavy atom. The Morgan fingerprint density at radius 3 is 2.73 bits per heavy atom. The third-order valence-electron chi connectivity index (χ3n) is 4.72. The number of carbonyl (C=O) groups excluding carboxylic acids is 1. The van der Waals surface area contributed by atoms with Crippen molar-refractivity contribution in [1.29, 1.82) is 0 Å². The molecule has 0 fully saturated rings. The van der Waals surface area contributed by atoms with Gasteiger partial charge in [-0.25, -0.2) is 13.4 Å². The lowest BCUT2D eigenvalue weighted by Gasteiger charge is -2.19. The van der Waals surface area contributed by atoms with E-state index in [1.165, 1.54) is 35.2 Å². The van der Waals surface area contributed by atoms with Crippen LogP contribution in [0.3, 0.4) is 0 Å². The Balaban J connectivity index is 1.39. The third kappa shape index (κ3) is 4.39. The predicted octanol–water partition coefficient (Wildman–Crippen LogP) is 2.95. The molecule has 1 aliphatic rings. The molecule has 1 aliphatic heterocycles. The van der Waals surface area contributed by atoms with Crippen molar-refractivity contribution in [1.82, 2.24) is 4.98 Å².